The predicted molar refractivity (Wildman–Crippen MR) is 57.3 cm³/mol. The molecule has 1 atom stereocenters. The highest BCUT2D eigenvalue weighted by molar-refractivity contribution is 5.36. The van der Waals surface area contributed by atoms with E-state index in [0.29, 0.717) is 12.4 Å². The van der Waals surface area contributed by atoms with E-state index >= 15 is 0 Å². The number of aliphatic hydroxyl groups excluding tert-OH is 1. The van der Waals surface area contributed by atoms with Gasteiger partial charge in [0.1, 0.15) is 18.5 Å². The Balaban J connectivity index is 2.90. The van der Waals surface area contributed by atoms with Gasteiger partial charge in [-0.1, -0.05) is 36.9 Å². The van der Waals surface area contributed by atoms with Gasteiger partial charge in [-0.15, -0.1) is 6.58 Å². The molecule has 0 fully saturated rings. The van der Waals surface area contributed by atoms with Crippen LogP contribution in [0.5, 0.6) is 5.75 Å². The molecular weight excluding hydrogens is 176 g/mol. The Bertz CT molecular complexity index is 318. The maximum absolute atomic E-state index is 9.59. The van der Waals surface area contributed by atoms with Crippen molar-refractivity contribution in [3.8, 4) is 5.75 Å². The van der Waals surface area contributed by atoms with Gasteiger partial charge >= 0.3 is 0 Å². The second kappa shape index (κ2) is 5.25. The summed E-state index contributed by atoms with van der Waals surface area (Å²) in [7, 11) is 0. The zero-order valence-corrected chi connectivity index (χ0v) is 8.02. The third-order valence-electron chi connectivity index (χ3n) is 1.82. The molecule has 1 aromatic rings. The van der Waals surface area contributed by atoms with Gasteiger partial charge in [-0.05, 0) is 6.07 Å². The zero-order valence-electron chi connectivity index (χ0n) is 8.02. The molecule has 0 saturated heterocycles. The molecule has 0 spiro atoms. The van der Waals surface area contributed by atoms with Crippen LogP contribution in [0.25, 0.3) is 0 Å². The molecule has 0 amide bonds. The van der Waals surface area contributed by atoms with Crippen LogP contribution in [0.15, 0.2) is 49.6 Å². The van der Waals surface area contributed by atoms with E-state index in [0.717, 1.165) is 5.56 Å². The number of benzene rings is 1. The van der Waals surface area contributed by atoms with E-state index in [-0.39, 0.29) is 0 Å². The first kappa shape index (κ1) is 10.5. The van der Waals surface area contributed by atoms with Crippen molar-refractivity contribution in [2.45, 2.75) is 6.10 Å². The minimum Gasteiger partial charge on any atom is -0.489 e. The summed E-state index contributed by atoms with van der Waals surface area (Å²) < 4.78 is 5.38. The van der Waals surface area contributed by atoms with Crippen LogP contribution in [0.4, 0.5) is 0 Å². The number of hydrogen-bond acceptors (Lipinski definition) is 2. The molecule has 0 aliphatic rings. The summed E-state index contributed by atoms with van der Waals surface area (Å²) in [6.45, 7) is 7.53. The lowest BCUT2D eigenvalue weighted by molar-refractivity contribution is 0.221. The Kier molecular flexibility index (Phi) is 3.95. The number of para-hydroxylation sites is 1. The maximum Gasteiger partial charge on any atom is 0.125 e. The van der Waals surface area contributed by atoms with Gasteiger partial charge in [-0.25, -0.2) is 0 Å². The molecule has 0 saturated carbocycles. The first-order valence-electron chi connectivity index (χ1n) is 4.43. The van der Waals surface area contributed by atoms with Gasteiger partial charge in [-0.3, -0.25) is 0 Å². The number of aliphatic hydroxyl groups is 1. The summed E-state index contributed by atoms with van der Waals surface area (Å²) in [6.07, 6.45) is 2.45. The number of ether oxygens (including phenoxy) is 1. The summed E-state index contributed by atoms with van der Waals surface area (Å²) in [5.74, 6) is 0.666. The van der Waals surface area contributed by atoms with Crippen molar-refractivity contribution in [3.63, 3.8) is 0 Å². The van der Waals surface area contributed by atoms with Crippen LogP contribution in [0.2, 0.25) is 0 Å². The lowest BCUT2D eigenvalue weighted by Gasteiger charge is -2.12. The standard InChI is InChI=1S/C12H14O2/c1-3-9-14-12-8-6-5-7-10(12)11(13)4-2/h3-8,11,13H,1-2,9H2/t11-/m0/s1. The van der Waals surface area contributed by atoms with Gasteiger partial charge in [0.15, 0.2) is 0 Å². The van der Waals surface area contributed by atoms with Gasteiger partial charge in [0.05, 0.1) is 0 Å². The van der Waals surface area contributed by atoms with Gasteiger partial charge in [0, 0.05) is 5.56 Å². The van der Waals surface area contributed by atoms with E-state index in [1.165, 1.54) is 6.08 Å². The molecule has 2 heteroatoms. The van der Waals surface area contributed by atoms with Crippen molar-refractivity contribution >= 4 is 0 Å². The summed E-state index contributed by atoms with van der Waals surface area (Å²) in [5.41, 5.74) is 0.726. The van der Waals surface area contributed by atoms with E-state index < -0.39 is 6.10 Å². The smallest absolute Gasteiger partial charge is 0.125 e. The van der Waals surface area contributed by atoms with Crippen LogP contribution >= 0.6 is 0 Å². The molecule has 74 valence electrons. The molecular formula is C12H14O2. The minimum absolute atomic E-state index is 0.431. The van der Waals surface area contributed by atoms with Gasteiger partial charge in [0.2, 0.25) is 0 Å². The van der Waals surface area contributed by atoms with Crippen molar-refractivity contribution in [1.29, 1.82) is 0 Å². The predicted octanol–water partition coefficient (Wildman–Crippen LogP) is 2.47. The molecule has 0 aromatic heterocycles. The van der Waals surface area contributed by atoms with Crippen molar-refractivity contribution in [1.82, 2.24) is 0 Å². The summed E-state index contributed by atoms with van der Waals surface area (Å²) in [5, 5.41) is 9.59. The Hall–Kier alpha value is -1.54. The molecule has 1 rings (SSSR count). The second-order valence-electron chi connectivity index (χ2n) is 2.82. The Morgan fingerprint density at radius 1 is 1.36 bits per heavy atom. The monoisotopic (exact) mass is 190 g/mol. The molecule has 0 aliphatic heterocycles. The first-order valence-corrected chi connectivity index (χ1v) is 4.43. The second-order valence-corrected chi connectivity index (χ2v) is 2.82. The third kappa shape index (κ3) is 2.47. The molecule has 0 radical (unpaired) electrons. The van der Waals surface area contributed by atoms with Crippen molar-refractivity contribution < 1.29 is 9.84 Å². The minimum atomic E-state index is -0.684. The zero-order chi connectivity index (χ0) is 10.4. The highest BCUT2D eigenvalue weighted by Crippen LogP contribution is 2.25. The van der Waals surface area contributed by atoms with Crippen LogP contribution in [0.3, 0.4) is 0 Å². The van der Waals surface area contributed by atoms with Crippen molar-refractivity contribution in [2.24, 2.45) is 0 Å². The summed E-state index contributed by atoms with van der Waals surface area (Å²) in [6, 6.07) is 7.33. The van der Waals surface area contributed by atoms with Crippen LogP contribution in [-0.4, -0.2) is 11.7 Å². The Morgan fingerprint density at radius 2 is 2.07 bits per heavy atom. The van der Waals surface area contributed by atoms with Gasteiger partial charge in [0.25, 0.3) is 0 Å². The SMILES string of the molecule is C=CCOc1ccccc1[C@@H](O)C=C. The third-order valence-corrected chi connectivity index (χ3v) is 1.82. The van der Waals surface area contributed by atoms with Crippen LogP contribution in [-0.2, 0) is 0 Å². The van der Waals surface area contributed by atoms with Crippen molar-refractivity contribution in [3.05, 3.63) is 55.1 Å². The summed E-state index contributed by atoms with van der Waals surface area (Å²) in [4.78, 5) is 0. The van der Waals surface area contributed by atoms with E-state index in [1.807, 2.05) is 24.3 Å². The topological polar surface area (TPSA) is 29.5 Å². The van der Waals surface area contributed by atoms with E-state index in [4.69, 9.17) is 4.74 Å². The lowest BCUT2D eigenvalue weighted by Crippen LogP contribution is -2.00. The lowest BCUT2D eigenvalue weighted by atomic mass is 10.1. The quantitative estimate of drug-likeness (QED) is 0.723. The van der Waals surface area contributed by atoms with Crippen LogP contribution < -0.4 is 4.74 Å². The highest BCUT2D eigenvalue weighted by atomic mass is 16.5. The average molecular weight is 190 g/mol. The molecule has 0 bridgehead atoms. The largest absolute Gasteiger partial charge is 0.489 e. The normalized spacial score (nSPS) is 11.8. The summed E-state index contributed by atoms with van der Waals surface area (Å²) >= 11 is 0. The van der Waals surface area contributed by atoms with E-state index in [1.54, 1.807) is 6.08 Å². The Morgan fingerprint density at radius 3 is 2.71 bits per heavy atom. The average Bonchev–Trinajstić information content (AvgIpc) is 2.25. The van der Waals surface area contributed by atoms with E-state index in [9.17, 15) is 5.11 Å². The van der Waals surface area contributed by atoms with Crippen LogP contribution in [0, 0.1) is 0 Å². The number of hydrogen-bond donors (Lipinski definition) is 1. The fourth-order valence-corrected chi connectivity index (χ4v) is 1.13. The first-order chi connectivity index (χ1) is 6.79. The molecule has 0 aliphatic carbocycles. The molecule has 1 N–H and O–H groups in total. The van der Waals surface area contributed by atoms with Gasteiger partial charge < -0.3 is 9.84 Å². The number of rotatable bonds is 5. The maximum atomic E-state index is 9.59. The molecule has 14 heavy (non-hydrogen) atoms. The van der Waals surface area contributed by atoms with E-state index in [2.05, 4.69) is 13.2 Å². The highest BCUT2D eigenvalue weighted by Gasteiger charge is 2.08. The molecule has 2 nitrogen and oxygen atoms in total. The fourth-order valence-electron chi connectivity index (χ4n) is 1.13. The molecule has 0 unspecified atom stereocenters. The molecule has 0 heterocycles. The fraction of sp³-hybridized carbons (Fsp3) is 0.167. The molecule has 1 aromatic carbocycles. The Labute approximate surface area is 84.1 Å². The van der Waals surface area contributed by atoms with Crippen LogP contribution in [0.1, 0.15) is 11.7 Å². The van der Waals surface area contributed by atoms with Crippen molar-refractivity contribution in [2.75, 3.05) is 6.61 Å². The van der Waals surface area contributed by atoms with Gasteiger partial charge in [-0.2, -0.15) is 0 Å².